The topological polar surface area (TPSA) is 59.0 Å². The number of halogens is 2. The normalized spacial score (nSPS) is 17.6. The molecular weight excluding hydrogens is 323 g/mol. The quantitative estimate of drug-likeness (QED) is 0.903. The van der Waals surface area contributed by atoms with Gasteiger partial charge in [-0.3, -0.25) is 4.79 Å². The van der Waals surface area contributed by atoms with Crippen LogP contribution in [0.5, 0.6) is 0 Å². The summed E-state index contributed by atoms with van der Waals surface area (Å²) < 4.78 is 1.69. The molecule has 118 valence electrons. The molecule has 1 aliphatic rings. The number of nitrogens with zero attached hydrogens (tertiary/aromatic N) is 2. The first-order chi connectivity index (χ1) is 10.2. The maximum absolute atomic E-state index is 12.2. The molecule has 0 saturated carbocycles. The Hall–Kier alpha value is -1.56. The first-order valence-corrected chi connectivity index (χ1v) is 7.43. The second-order valence-corrected chi connectivity index (χ2v) is 5.56. The van der Waals surface area contributed by atoms with Crippen molar-refractivity contribution in [2.45, 2.75) is 12.8 Å². The van der Waals surface area contributed by atoms with Gasteiger partial charge in [0.05, 0.1) is 16.6 Å². The van der Waals surface area contributed by atoms with Crippen LogP contribution in [0.1, 0.15) is 12.8 Å². The fraction of sp³-hybridized carbons (Fsp3) is 0.333. The zero-order chi connectivity index (χ0) is 14.7. The molecule has 1 aliphatic heterocycles. The van der Waals surface area contributed by atoms with Gasteiger partial charge >= 0.3 is 0 Å². The van der Waals surface area contributed by atoms with Crippen molar-refractivity contribution in [2.75, 3.05) is 18.4 Å². The maximum atomic E-state index is 12.2. The molecule has 2 N–H and O–H groups in total. The Bertz CT molecular complexity index is 624. The predicted molar refractivity (Wildman–Crippen MR) is 90.0 cm³/mol. The van der Waals surface area contributed by atoms with Crippen LogP contribution in [0.25, 0.3) is 5.69 Å². The molecule has 1 amide bonds. The minimum Gasteiger partial charge on any atom is -0.326 e. The lowest BCUT2D eigenvalue weighted by molar-refractivity contribution is -0.120. The van der Waals surface area contributed by atoms with Crippen LogP contribution in [0.3, 0.4) is 0 Å². The standard InChI is InChI=1S/C15H17ClN4O.ClH/c16-13-9-12(4-5-14(13)20-8-2-7-18-20)19-15(21)11-3-1-6-17-10-11;/h2,4-5,7-9,11,17H,1,3,6,10H2,(H,19,21);1H. The minimum atomic E-state index is 0. The number of piperidine rings is 1. The Morgan fingerprint density at radius 2 is 2.32 bits per heavy atom. The van der Waals surface area contributed by atoms with E-state index in [1.165, 1.54) is 0 Å². The molecule has 7 heteroatoms. The summed E-state index contributed by atoms with van der Waals surface area (Å²) in [5, 5.41) is 10.9. The Balaban J connectivity index is 0.00000176. The lowest BCUT2D eigenvalue weighted by Gasteiger charge is -2.22. The Morgan fingerprint density at radius 1 is 1.45 bits per heavy atom. The molecule has 2 heterocycles. The molecule has 0 radical (unpaired) electrons. The lowest BCUT2D eigenvalue weighted by Crippen LogP contribution is -2.37. The number of amides is 1. The monoisotopic (exact) mass is 340 g/mol. The zero-order valence-electron chi connectivity index (χ0n) is 12.0. The predicted octanol–water partition coefficient (Wildman–Crippen LogP) is 2.89. The highest BCUT2D eigenvalue weighted by Gasteiger charge is 2.21. The van der Waals surface area contributed by atoms with Crippen molar-refractivity contribution in [2.24, 2.45) is 5.92 Å². The van der Waals surface area contributed by atoms with Crippen molar-refractivity contribution in [3.8, 4) is 5.69 Å². The van der Waals surface area contributed by atoms with Gasteiger partial charge in [0.15, 0.2) is 0 Å². The van der Waals surface area contributed by atoms with Crippen LogP contribution in [0.4, 0.5) is 5.69 Å². The average molecular weight is 341 g/mol. The number of carbonyl (C=O) groups is 1. The van der Waals surface area contributed by atoms with E-state index < -0.39 is 0 Å². The van der Waals surface area contributed by atoms with Crippen molar-refractivity contribution in [3.05, 3.63) is 41.7 Å². The number of hydrogen-bond donors (Lipinski definition) is 2. The maximum Gasteiger partial charge on any atom is 0.228 e. The fourth-order valence-electron chi connectivity index (χ4n) is 2.50. The largest absolute Gasteiger partial charge is 0.326 e. The van der Waals surface area contributed by atoms with E-state index in [-0.39, 0.29) is 24.2 Å². The molecule has 5 nitrogen and oxygen atoms in total. The number of nitrogens with one attached hydrogen (secondary N) is 2. The van der Waals surface area contributed by atoms with Gasteiger partial charge in [0.1, 0.15) is 0 Å². The van der Waals surface area contributed by atoms with Crippen molar-refractivity contribution in [3.63, 3.8) is 0 Å². The average Bonchev–Trinajstić information content (AvgIpc) is 3.02. The van der Waals surface area contributed by atoms with E-state index in [9.17, 15) is 4.79 Å². The second-order valence-electron chi connectivity index (χ2n) is 5.15. The number of benzene rings is 1. The molecule has 1 atom stereocenters. The van der Waals surface area contributed by atoms with E-state index in [1.54, 1.807) is 16.9 Å². The fourth-order valence-corrected chi connectivity index (χ4v) is 2.77. The molecule has 1 saturated heterocycles. The van der Waals surface area contributed by atoms with E-state index in [2.05, 4.69) is 15.7 Å². The molecule has 1 fully saturated rings. The SMILES string of the molecule is Cl.O=C(Nc1ccc(-n2cccn2)c(Cl)c1)C1CCCNC1. The van der Waals surface area contributed by atoms with Crippen molar-refractivity contribution in [1.82, 2.24) is 15.1 Å². The highest BCUT2D eigenvalue weighted by atomic mass is 35.5. The van der Waals surface area contributed by atoms with Gasteiger partial charge in [-0.15, -0.1) is 12.4 Å². The van der Waals surface area contributed by atoms with Crippen LogP contribution in [0, 0.1) is 5.92 Å². The second kappa shape index (κ2) is 7.63. The Labute approximate surface area is 140 Å². The first-order valence-electron chi connectivity index (χ1n) is 7.05. The minimum absolute atomic E-state index is 0. The molecule has 2 aromatic rings. The summed E-state index contributed by atoms with van der Waals surface area (Å²) in [6.45, 7) is 1.74. The molecule has 0 spiro atoms. The van der Waals surface area contributed by atoms with Crippen molar-refractivity contribution < 1.29 is 4.79 Å². The third-order valence-corrected chi connectivity index (χ3v) is 3.94. The van der Waals surface area contributed by atoms with Gasteiger partial charge in [-0.25, -0.2) is 4.68 Å². The molecule has 0 aliphatic carbocycles. The lowest BCUT2D eigenvalue weighted by atomic mass is 9.99. The summed E-state index contributed by atoms with van der Waals surface area (Å²) in [6, 6.07) is 7.29. The molecule has 1 aromatic carbocycles. The summed E-state index contributed by atoms with van der Waals surface area (Å²) in [5.74, 6) is 0.0772. The van der Waals surface area contributed by atoms with Crippen LogP contribution in [0.2, 0.25) is 5.02 Å². The van der Waals surface area contributed by atoms with Crippen LogP contribution in [-0.4, -0.2) is 28.8 Å². The summed E-state index contributed by atoms with van der Waals surface area (Å²) in [6.07, 6.45) is 5.49. The van der Waals surface area contributed by atoms with Crippen molar-refractivity contribution >= 4 is 35.6 Å². The highest BCUT2D eigenvalue weighted by Crippen LogP contribution is 2.24. The van der Waals surface area contributed by atoms with E-state index in [4.69, 9.17) is 11.6 Å². The van der Waals surface area contributed by atoms with Gasteiger partial charge in [-0.1, -0.05) is 11.6 Å². The molecule has 1 aromatic heterocycles. The zero-order valence-corrected chi connectivity index (χ0v) is 13.5. The number of aromatic nitrogens is 2. The number of anilines is 1. The van der Waals surface area contributed by atoms with E-state index >= 15 is 0 Å². The van der Waals surface area contributed by atoms with Crippen LogP contribution < -0.4 is 10.6 Å². The third kappa shape index (κ3) is 3.80. The van der Waals surface area contributed by atoms with Gasteiger partial charge in [0.2, 0.25) is 5.91 Å². The molecular formula is C15H18Cl2N4O. The molecule has 0 bridgehead atoms. The van der Waals surface area contributed by atoms with E-state index in [1.807, 2.05) is 24.4 Å². The van der Waals surface area contributed by atoms with Crippen molar-refractivity contribution in [1.29, 1.82) is 0 Å². The molecule has 1 unspecified atom stereocenters. The van der Waals surface area contributed by atoms with Gasteiger partial charge in [0, 0.05) is 24.6 Å². The van der Waals surface area contributed by atoms with Crippen LogP contribution in [0.15, 0.2) is 36.7 Å². The summed E-state index contributed by atoms with van der Waals surface area (Å²) in [7, 11) is 0. The number of hydrogen-bond acceptors (Lipinski definition) is 3. The summed E-state index contributed by atoms with van der Waals surface area (Å²) >= 11 is 6.27. The van der Waals surface area contributed by atoms with E-state index in [0.717, 1.165) is 31.6 Å². The Kier molecular flexibility index (Phi) is 5.83. The van der Waals surface area contributed by atoms with E-state index in [0.29, 0.717) is 10.7 Å². The Morgan fingerprint density at radius 3 is 2.95 bits per heavy atom. The van der Waals surface area contributed by atoms with Crippen LogP contribution in [-0.2, 0) is 4.79 Å². The number of carbonyl (C=O) groups excluding carboxylic acids is 1. The first kappa shape index (κ1) is 16.8. The van der Waals surface area contributed by atoms with Gasteiger partial charge in [0.25, 0.3) is 0 Å². The number of rotatable bonds is 3. The smallest absolute Gasteiger partial charge is 0.228 e. The highest BCUT2D eigenvalue weighted by molar-refractivity contribution is 6.32. The molecule has 3 rings (SSSR count). The van der Waals surface area contributed by atoms with Gasteiger partial charge in [-0.05, 0) is 43.7 Å². The third-order valence-electron chi connectivity index (χ3n) is 3.63. The summed E-state index contributed by atoms with van der Waals surface area (Å²) in [4.78, 5) is 12.2. The van der Waals surface area contributed by atoms with Crippen LogP contribution >= 0.6 is 24.0 Å². The summed E-state index contributed by atoms with van der Waals surface area (Å²) in [5.41, 5.74) is 1.51. The van der Waals surface area contributed by atoms with Gasteiger partial charge < -0.3 is 10.6 Å². The molecule has 22 heavy (non-hydrogen) atoms. The van der Waals surface area contributed by atoms with Gasteiger partial charge in [-0.2, -0.15) is 5.10 Å².